The minimum Gasteiger partial charge on any atom is -0.378 e. The molecule has 7 nitrogen and oxygen atoms in total. The van der Waals surface area contributed by atoms with Crippen molar-refractivity contribution in [1.29, 1.82) is 0 Å². The van der Waals surface area contributed by atoms with E-state index in [0.717, 1.165) is 11.3 Å². The number of pyridine rings is 1. The molecule has 0 aliphatic carbocycles. The molecule has 28 heavy (non-hydrogen) atoms. The lowest BCUT2D eigenvalue weighted by atomic mass is 10.2. The molecule has 0 saturated carbocycles. The Balaban J connectivity index is 1.62. The Hall–Kier alpha value is -2.42. The Morgan fingerprint density at radius 2 is 1.93 bits per heavy atom. The molecule has 0 atom stereocenters. The lowest BCUT2D eigenvalue weighted by molar-refractivity contribution is -0.132. The van der Waals surface area contributed by atoms with Gasteiger partial charge in [-0.05, 0) is 36.4 Å². The van der Waals surface area contributed by atoms with Gasteiger partial charge in [-0.1, -0.05) is 23.4 Å². The van der Waals surface area contributed by atoms with Crippen molar-refractivity contribution in [1.82, 2.24) is 24.6 Å². The number of aromatic nitrogens is 4. The van der Waals surface area contributed by atoms with E-state index in [-0.39, 0.29) is 5.91 Å². The first kappa shape index (κ1) is 18.9. The molecule has 2 aromatic heterocycles. The summed E-state index contributed by atoms with van der Waals surface area (Å²) in [6, 6.07) is 11.2. The molecular formula is C19H18ClN5O2S. The first-order valence-electron chi connectivity index (χ1n) is 8.82. The van der Waals surface area contributed by atoms with E-state index in [1.54, 1.807) is 12.4 Å². The van der Waals surface area contributed by atoms with E-state index in [9.17, 15) is 4.79 Å². The van der Waals surface area contributed by atoms with Gasteiger partial charge >= 0.3 is 0 Å². The summed E-state index contributed by atoms with van der Waals surface area (Å²) in [6.45, 7) is 2.43. The largest absolute Gasteiger partial charge is 0.378 e. The van der Waals surface area contributed by atoms with Crippen molar-refractivity contribution in [3.05, 3.63) is 53.8 Å². The number of carbonyl (C=O) groups is 1. The first-order valence-corrected chi connectivity index (χ1v) is 10.2. The maximum absolute atomic E-state index is 12.5. The molecule has 3 heterocycles. The van der Waals surface area contributed by atoms with Crippen LogP contribution in [0.4, 0.5) is 0 Å². The Morgan fingerprint density at radius 1 is 1.14 bits per heavy atom. The number of hydrogen-bond acceptors (Lipinski definition) is 6. The van der Waals surface area contributed by atoms with Crippen LogP contribution in [0.5, 0.6) is 0 Å². The summed E-state index contributed by atoms with van der Waals surface area (Å²) in [7, 11) is 0. The van der Waals surface area contributed by atoms with E-state index in [2.05, 4.69) is 15.2 Å². The average Bonchev–Trinajstić information content (AvgIpc) is 3.18. The van der Waals surface area contributed by atoms with Gasteiger partial charge in [0, 0.05) is 41.8 Å². The van der Waals surface area contributed by atoms with Crippen molar-refractivity contribution in [3.8, 4) is 17.1 Å². The van der Waals surface area contributed by atoms with Crippen molar-refractivity contribution in [2.75, 3.05) is 32.1 Å². The second-order valence-corrected chi connectivity index (χ2v) is 7.52. The number of amides is 1. The van der Waals surface area contributed by atoms with Crippen LogP contribution in [0.2, 0.25) is 5.02 Å². The summed E-state index contributed by atoms with van der Waals surface area (Å²) in [6.07, 6.45) is 3.45. The zero-order valence-corrected chi connectivity index (χ0v) is 16.6. The third kappa shape index (κ3) is 4.19. The average molecular weight is 416 g/mol. The quantitative estimate of drug-likeness (QED) is 0.596. The summed E-state index contributed by atoms with van der Waals surface area (Å²) in [4.78, 5) is 18.5. The molecule has 4 rings (SSSR count). The van der Waals surface area contributed by atoms with Crippen LogP contribution < -0.4 is 0 Å². The molecular weight excluding hydrogens is 398 g/mol. The van der Waals surface area contributed by atoms with E-state index in [1.807, 2.05) is 45.9 Å². The highest BCUT2D eigenvalue weighted by atomic mass is 35.5. The number of rotatable bonds is 5. The van der Waals surface area contributed by atoms with E-state index < -0.39 is 0 Å². The molecule has 1 aliphatic heterocycles. The fourth-order valence-corrected chi connectivity index (χ4v) is 3.88. The maximum Gasteiger partial charge on any atom is 0.233 e. The van der Waals surface area contributed by atoms with Gasteiger partial charge in [0.25, 0.3) is 0 Å². The first-order chi connectivity index (χ1) is 13.7. The Bertz CT molecular complexity index is 943. The van der Waals surface area contributed by atoms with Gasteiger partial charge in [-0.25, -0.2) is 0 Å². The van der Waals surface area contributed by atoms with Crippen LogP contribution in [0.1, 0.15) is 0 Å². The number of morpholine rings is 1. The zero-order valence-electron chi connectivity index (χ0n) is 15.0. The van der Waals surface area contributed by atoms with E-state index in [1.165, 1.54) is 11.8 Å². The molecule has 1 fully saturated rings. The van der Waals surface area contributed by atoms with Gasteiger partial charge < -0.3 is 9.64 Å². The molecule has 1 saturated heterocycles. The molecule has 0 spiro atoms. The third-order valence-corrected chi connectivity index (χ3v) is 5.49. The molecule has 1 aromatic carbocycles. The van der Waals surface area contributed by atoms with E-state index >= 15 is 0 Å². The SMILES string of the molecule is O=C(CSc1nnc(-c2cccnc2)n1-c1ccc(Cl)cc1)N1CCOCC1. The minimum absolute atomic E-state index is 0.0712. The fraction of sp³-hybridized carbons (Fsp3) is 0.263. The normalized spacial score (nSPS) is 14.2. The van der Waals surface area contributed by atoms with Crippen molar-refractivity contribution < 1.29 is 9.53 Å². The van der Waals surface area contributed by atoms with Crippen molar-refractivity contribution in [2.45, 2.75) is 5.16 Å². The molecule has 1 aliphatic rings. The van der Waals surface area contributed by atoms with E-state index in [0.29, 0.717) is 48.1 Å². The lowest BCUT2D eigenvalue weighted by Crippen LogP contribution is -2.41. The smallest absolute Gasteiger partial charge is 0.233 e. The summed E-state index contributed by atoms with van der Waals surface area (Å²) in [5.41, 5.74) is 1.71. The molecule has 0 bridgehead atoms. The van der Waals surface area contributed by atoms with Crippen LogP contribution in [-0.2, 0) is 9.53 Å². The molecule has 0 radical (unpaired) electrons. The Morgan fingerprint density at radius 3 is 2.64 bits per heavy atom. The standard InChI is InChI=1S/C19H18ClN5O2S/c20-15-3-5-16(6-4-15)25-18(14-2-1-7-21-12-14)22-23-19(25)28-13-17(26)24-8-10-27-11-9-24/h1-7,12H,8-11,13H2. The van der Waals surface area contributed by atoms with Crippen molar-refractivity contribution >= 4 is 29.3 Å². The molecule has 0 unspecified atom stereocenters. The van der Waals surface area contributed by atoms with Gasteiger partial charge in [-0.2, -0.15) is 0 Å². The zero-order chi connectivity index (χ0) is 19.3. The fourth-order valence-electron chi connectivity index (χ4n) is 2.90. The highest BCUT2D eigenvalue weighted by molar-refractivity contribution is 7.99. The predicted molar refractivity (Wildman–Crippen MR) is 108 cm³/mol. The molecule has 0 N–H and O–H groups in total. The van der Waals surface area contributed by atoms with Crippen LogP contribution in [-0.4, -0.2) is 62.6 Å². The molecule has 9 heteroatoms. The molecule has 144 valence electrons. The van der Waals surface area contributed by atoms with Crippen molar-refractivity contribution in [2.24, 2.45) is 0 Å². The van der Waals surface area contributed by atoms with Gasteiger partial charge in [0.05, 0.1) is 19.0 Å². The third-order valence-electron chi connectivity index (χ3n) is 4.33. The van der Waals surface area contributed by atoms with Gasteiger partial charge in [-0.15, -0.1) is 10.2 Å². The van der Waals surface area contributed by atoms with Crippen molar-refractivity contribution in [3.63, 3.8) is 0 Å². The summed E-state index contributed by atoms with van der Waals surface area (Å²) in [5, 5.41) is 9.97. The topological polar surface area (TPSA) is 73.1 Å². The van der Waals surface area contributed by atoms with Crippen LogP contribution in [0.25, 0.3) is 17.1 Å². The van der Waals surface area contributed by atoms with Crippen LogP contribution in [0.3, 0.4) is 0 Å². The summed E-state index contributed by atoms with van der Waals surface area (Å²) < 4.78 is 7.23. The number of nitrogens with zero attached hydrogens (tertiary/aromatic N) is 5. The van der Waals surface area contributed by atoms with Gasteiger partial charge in [0.2, 0.25) is 5.91 Å². The highest BCUT2D eigenvalue weighted by Crippen LogP contribution is 2.28. The number of thioether (sulfide) groups is 1. The molecule has 3 aromatic rings. The number of halogens is 1. The number of carbonyl (C=O) groups excluding carboxylic acids is 1. The van der Waals surface area contributed by atoms with Crippen LogP contribution in [0, 0.1) is 0 Å². The Kier molecular flexibility index (Phi) is 5.90. The Labute approximate surface area is 171 Å². The highest BCUT2D eigenvalue weighted by Gasteiger charge is 2.20. The second kappa shape index (κ2) is 8.72. The predicted octanol–water partition coefficient (Wildman–Crippen LogP) is 2.93. The number of hydrogen-bond donors (Lipinski definition) is 0. The number of ether oxygens (including phenoxy) is 1. The second-order valence-electron chi connectivity index (χ2n) is 6.14. The summed E-state index contributed by atoms with van der Waals surface area (Å²) in [5.74, 6) is 1.03. The number of benzene rings is 1. The van der Waals surface area contributed by atoms with Gasteiger partial charge in [-0.3, -0.25) is 14.3 Å². The van der Waals surface area contributed by atoms with Crippen LogP contribution in [0.15, 0.2) is 53.9 Å². The monoisotopic (exact) mass is 415 g/mol. The lowest BCUT2D eigenvalue weighted by Gasteiger charge is -2.26. The molecule has 1 amide bonds. The minimum atomic E-state index is 0.0712. The van der Waals surface area contributed by atoms with Gasteiger partial charge in [0.1, 0.15) is 0 Å². The van der Waals surface area contributed by atoms with Gasteiger partial charge in [0.15, 0.2) is 11.0 Å². The van der Waals surface area contributed by atoms with Crippen LogP contribution >= 0.6 is 23.4 Å². The summed E-state index contributed by atoms with van der Waals surface area (Å²) >= 11 is 7.41. The maximum atomic E-state index is 12.5. The van der Waals surface area contributed by atoms with E-state index in [4.69, 9.17) is 16.3 Å².